The number of hydrogen-bond acceptors (Lipinski definition) is 6. The summed E-state index contributed by atoms with van der Waals surface area (Å²) in [5.74, 6) is 0.376. The number of hydrogen-bond donors (Lipinski definition) is 1. The van der Waals surface area contributed by atoms with Crippen LogP contribution in [0.25, 0.3) is 0 Å². The van der Waals surface area contributed by atoms with E-state index in [4.69, 9.17) is 0 Å². The summed E-state index contributed by atoms with van der Waals surface area (Å²) < 4.78 is 27.0. The van der Waals surface area contributed by atoms with Gasteiger partial charge in [-0.15, -0.1) is 0 Å². The van der Waals surface area contributed by atoms with Gasteiger partial charge in [0.25, 0.3) is 5.69 Å². The number of piperazine rings is 1. The molecule has 0 saturated carbocycles. The lowest BCUT2D eigenvalue weighted by molar-refractivity contribution is -0.387. The minimum absolute atomic E-state index is 0.108. The van der Waals surface area contributed by atoms with Gasteiger partial charge in [0.15, 0.2) is 4.90 Å². The first kappa shape index (κ1) is 24.8. The molecule has 1 amide bonds. The number of nitrogens with zero attached hydrogens (tertiary/aromatic N) is 3. The highest BCUT2D eigenvalue weighted by Gasteiger charge is 2.33. The molecule has 0 unspecified atom stereocenters. The number of nitro benzene ring substituents is 1. The zero-order chi connectivity index (χ0) is 24.0. The Morgan fingerprint density at radius 1 is 1.06 bits per heavy atom. The Labute approximate surface area is 194 Å². The van der Waals surface area contributed by atoms with Gasteiger partial charge in [0.2, 0.25) is 15.9 Å². The van der Waals surface area contributed by atoms with Crippen LogP contribution in [0.3, 0.4) is 0 Å². The maximum absolute atomic E-state index is 12.9. The molecule has 178 valence electrons. The number of nitrogens with one attached hydrogen (secondary N) is 1. The van der Waals surface area contributed by atoms with E-state index < -0.39 is 20.6 Å². The average molecular weight is 475 g/mol. The van der Waals surface area contributed by atoms with Crippen LogP contribution in [0.1, 0.15) is 30.9 Å². The minimum Gasteiger partial charge on any atom is -0.355 e. The van der Waals surface area contributed by atoms with Gasteiger partial charge in [-0.2, -0.15) is 4.31 Å². The number of sulfonamides is 1. The van der Waals surface area contributed by atoms with Crippen molar-refractivity contribution in [2.24, 2.45) is 0 Å². The van der Waals surface area contributed by atoms with E-state index in [9.17, 15) is 23.3 Å². The number of nitro groups is 1. The van der Waals surface area contributed by atoms with Crippen LogP contribution in [0.2, 0.25) is 0 Å². The fourth-order valence-corrected chi connectivity index (χ4v) is 5.35. The largest absolute Gasteiger partial charge is 0.355 e. The van der Waals surface area contributed by atoms with Gasteiger partial charge >= 0.3 is 0 Å². The molecule has 1 heterocycles. The van der Waals surface area contributed by atoms with E-state index in [-0.39, 0.29) is 30.4 Å². The first-order chi connectivity index (χ1) is 15.7. The third kappa shape index (κ3) is 6.37. The molecule has 1 aliphatic rings. The Hall–Kier alpha value is -2.82. The highest BCUT2D eigenvalue weighted by molar-refractivity contribution is 7.89. The Kier molecular flexibility index (Phi) is 8.17. The molecule has 0 radical (unpaired) electrons. The lowest BCUT2D eigenvalue weighted by Crippen LogP contribution is -2.51. The molecule has 1 aliphatic heterocycles. The molecule has 1 saturated heterocycles. The van der Waals surface area contributed by atoms with Gasteiger partial charge in [-0.25, -0.2) is 8.42 Å². The minimum atomic E-state index is -3.98. The Morgan fingerprint density at radius 2 is 1.70 bits per heavy atom. The summed E-state index contributed by atoms with van der Waals surface area (Å²) >= 11 is 0. The maximum atomic E-state index is 12.9. The molecule has 1 fully saturated rings. The van der Waals surface area contributed by atoms with Crippen molar-refractivity contribution in [2.75, 3.05) is 39.3 Å². The monoisotopic (exact) mass is 474 g/mol. The van der Waals surface area contributed by atoms with Crippen molar-refractivity contribution in [3.05, 3.63) is 69.8 Å². The van der Waals surface area contributed by atoms with Crippen LogP contribution in [0.5, 0.6) is 0 Å². The molecule has 3 rings (SSSR count). The van der Waals surface area contributed by atoms with Gasteiger partial charge in [0, 0.05) is 38.8 Å². The van der Waals surface area contributed by atoms with Crippen molar-refractivity contribution >= 4 is 21.6 Å². The molecular weight excluding hydrogens is 444 g/mol. The molecule has 33 heavy (non-hydrogen) atoms. The molecule has 10 heteroatoms. The summed E-state index contributed by atoms with van der Waals surface area (Å²) in [6.07, 6.45) is 0.742. The van der Waals surface area contributed by atoms with Crippen molar-refractivity contribution in [3.8, 4) is 0 Å². The standard InChI is InChI=1S/C23H30N4O5S/c1-18(2)20-9-7-19(8-10-20)11-12-24-23(28)17-25-13-15-26(16-14-25)33(31,32)22-6-4-3-5-21(22)27(29)30/h3-10,18H,11-17H2,1-2H3,(H,24,28). The molecule has 0 spiro atoms. The number of amides is 1. The van der Waals surface area contributed by atoms with Crippen LogP contribution in [-0.4, -0.2) is 67.7 Å². The number of carbonyl (C=O) groups excluding carboxylic acids is 1. The zero-order valence-corrected chi connectivity index (χ0v) is 19.8. The number of benzene rings is 2. The third-order valence-electron chi connectivity index (χ3n) is 5.76. The van der Waals surface area contributed by atoms with E-state index >= 15 is 0 Å². The first-order valence-corrected chi connectivity index (χ1v) is 12.4. The summed E-state index contributed by atoms with van der Waals surface area (Å²) in [5, 5.41) is 14.1. The van der Waals surface area contributed by atoms with Crippen LogP contribution in [0.15, 0.2) is 53.4 Å². The van der Waals surface area contributed by atoms with Crippen LogP contribution in [-0.2, 0) is 21.2 Å². The zero-order valence-electron chi connectivity index (χ0n) is 18.9. The lowest BCUT2D eigenvalue weighted by Gasteiger charge is -2.33. The third-order valence-corrected chi connectivity index (χ3v) is 7.71. The van der Waals surface area contributed by atoms with Crippen LogP contribution in [0.4, 0.5) is 5.69 Å². The highest BCUT2D eigenvalue weighted by Crippen LogP contribution is 2.26. The quantitative estimate of drug-likeness (QED) is 0.441. The highest BCUT2D eigenvalue weighted by atomic mass is 32.2. The van der Waals surface area contributed by atoms with Gasteiger partial charge in [-0.1, -0.05) is 50.2 Å². The summed E-state index contributed by atoms with van der Waals surface area (Å²) in [4.78, 5) is 24.4. The predicted octanol–water partition coefficient (Wildman–Crippen LogP) is 2.38. The van der Waals surface area contributed by atoms with Gasteiger partial charge in [-0.05, 0) is 29.5 Å². The van der Waals surface area contributed by atoms with E-state index in [0.29, 0.717) is 25.6 Å². The number of para-hydroxylation sites is 1. The van der Waals surface area contributed by atoms with E-state index in [1.165, 1.54) is 34.1 Å². The molecule has 0 aliphatic carbocycles. The molecule has 0 aromatic heterocycles. The van der Waals surface area contributed by atoms with E-state index in [2.05, 4.69) is 43.4 Å². The van der Waals surface area contributed by atoms with Gasteiger partial charge < -0.3 is 5.32 Å². The number of rotatable bonds is 9. The summed E-state index contributed by atoms with van der Waals surface area (Å²) in [5.41, 5.74) is 2.01. The van der Waals surface area contributed by atoms with Crippen LogP contribution in [0, 0.1) is 10.1 Å². The fourth-order valence-electron chi connectivity index (χ4n) is 3.77. The lowest BCUT2D eigenvalue weighted by atomic mass is 10.0. The second-order valence-corrected chi connectivity index (χ2v) is 10.3. The summed E-state index contributed by atoms with van der Waals surface area (Å²) in [6.45, 7) is 6.12. The Balaban J connectivity index is 1.46. The summed E-state index contributed by atoms with van der Waals surface area (Å²) in [6, 6.07) is 13.7. The van der Waals surface area contributed by atoms with Gasteiger partial charge in [-0.3, -0.25) is 19.8 Å². The second kappa shape index (κ2) is 10.9. The van der Waals surface area contributed by atoms with Gasteiger partial charge in [0.1, 0.15) is 0 Å². The van der Waals surface area contributed by atoms with Crippen molar-refractivity contribution in [1.82, 2.24) is 14.5 Å². The first-order valence-electron chi connectivity index (χ1n) is 11.0. The molecule has 0 bridgehead atoms. The SMILES string of the molecule is CC(C)c1ccc(CCNC(=O)CN2CCN(S(=O)(=O)c3ccccc3[N+](=O)[O-])CC2)cc1. The topological polar surface area (TPSA) is 113 Å². The molecule has 1 N–H and O–H groups in total. The predicted molar refractivity (Wildman–Crippen MR) is 126 cm³/mol. The Morgan fingerprint density at radius 3 is 2.30 bits per heavy atom. The number of carbonyl (C=O) groups is 1. The maximum Gasteiger partial charge on any atom is 0.289 e. The molecule has 2 aromatic carbocycles. The van der Waals surface area contributed by atoms with E-state index in [1.54, 1.807) is 0 Å². The molecule has 2 aromatic rings. The fraction of sp³-hybridized carbons (Fsp3) is 0.435. The molecule has 0 atom stereocenters. The van der Waals surface area contributed by atoms with Crippen LogP contribution >= 0.6 is 0 Å². The van der Waals surface area contributed by atoms with E-state index in [0.717, 1.165) is 12.0 Å². The van der Waals surface area contributed by atoms with E-state index in [1.807, 2.05) is 4.90 Å². The Bertz CT molecular complexity index is 1080. The second-order valence-electron chi connectivity index (χ2n) is 8.40. The van der Waals surface area contributed by atoms with Crippen molar-refractivity contribution in [1.29, 1.82) is 0 Å². The average Bonchev–Trinajstić information content (AvgIpc) is 2.79. The van der Waals surface area contributed by atoms with Crippen molar-refractivity contribution < 1.29 is 18.1 Å². The normalized spacial score (nSPS) is 15.5. The molecule has 9 nitrogen and oxygen atoms in total. The van der Waals surface area contributed by atoms with Crippen molar-refractivity contribution in [3.63, 3.8) is 0 Å². The van der Waals surface area contributed by atoms with Crippen LogP contribution < -0.4 is 5.32 Å². The summed E-state index contributed by atoms with van der Waals surface area (Å²) in [7, 11) is -3.98. The molecular formula is C23H30N4O5S. The van der Waals surface area contributed by atoms with Gasteiger partial charge in [0.05, 0.1) is 11.5 Å². The van der Waals surface area contributed by atoms with Crippen molar-refractivity contribution in [2.45, 2.75) is 31.1 Å². The smallest absolute Gasteiger partial charge is 0.289 e.